The van der Waals surface area contributed by atoms with E-state index >= 15 is 0 Å². The topological polar surface area (TPSA) is 102 Å². The first-order valence-electron chi connectivity index (χ1n) is 20.1. The van der Waals surface area contributed by atoms with Gasteiger partial charge in [0.05, 0.1) is 22.2 Å². The van der Waals surface area contributed by atoms with Crippen LogP contribution in [0.5, 0.6) is 0 Å². The second-order valence-corrected chi connectivity index (χ2v) is 15.9. The monoisotopic (exact) mass is 832 g/mol. The number of nitrogens with zero attached hydrogens (tertiary/aromatic N) is 8. The highest BCUT2D eigenvalue weighted by atomic mass is 19.4. The zero-order valence-corrected chi connectivity index (χ0v) is 33.3. The normalized spacial score (nSPS) is 19.9. The number of pyridine rings is 2. The van der Waals surface area contributed by atoms with Gasteiger partial charge in [-0.2, -0.15) is 36.5 Å². The van der Waals surface area contributed by atoms with Gasteiger partial charge in [-0.3, -0.25) is 28.9 Å². The number of fused-ring (bicyclic) bond motifs is 2. The molecule has 2 fully saturated rings. The van der Waals surface area contributed by atoms with Crippen LogP contribution in [0.2, 0.25) is 0 Å². The minimum atomic E-state index is -4.46. The first kappa shape index (κ1) is 42.3. The quantitative estimate of drug-likeness (QED) is 0.142. The Morgan fingerprint density at radius 2 is 1.00 bits per heavy atom. The molecule has 2 saturated heterocycles. The van der Waals surface area contributed by atoms with E-state index in [4.69, 9.17) is 0 Å². The molecule has 0 radical (unpaired) electrons. The van der Waals surface area contributed by atoms with Gasteiger partial charge in [-0.25, -0.2) is 0 Å². The van der Waals surface area contributed by atoms with Crippen LogP contribution in [0, 0.1) is 11.8 Å². The number of aromatic nitrogens is 6. The van der Waals surface area contributed by atoms with Crippen molar-refractivity contribution in [1.29, 1.82) is 0 Å². The Kier molecular flexibility index (Phi) is 12.6. The van der Waals surface area contributed by atoms with Gasteiger partial charge >= 0.3 is 12.4 Å². The van der Waals surface area contributed by atoms with E-state index in [-0.39, 0.29) is 46.5 Å². The number of carbonyl (C=O) groups is 2. The van der Waals surface area contributed by atoms with E-state index in [0.29, 0.717) is 62.9 Å². The van der Waals surface area contributed by atoms with Crippen LogP contribution in [0.25, 0.3) is 21.8 Å². The summed E-state index contributed by atoms with van der Waals surface area (Å²) in [6, 6.07) is 15.7. The van der Waals surface area contributed by atoms with E-state index in [1.165, 1.54) is 12.4 Å². The van der Waals surface area contributed by atoms with E-state index in [0.717, 1.165) is 36.1 Å². The second kappa shape index (κ2) is 17.8. The Hall–Kier alpha value is -5.80. The average Bonchev–Trinajstić information content (AvgIpc) is 3.95. The van der Waals surface area contributed by atoms with Crippen molar-refractivity contribution in [3.63, 3.8) is 0 Å². The summed E-state index contributed by atoms with van der Waals surface area (Å²) in [7, 11) is 0. The number of hydrogen-bond acceptors (Lipinski definition) is 6. The number of carbonyl (C=O) groups excluding carboxylic acids is 2. The zero-order valence-electron chi connectivity index (χ0n) is 33.3. The molecular formula is C44H46F6N8O2. The fourth-order valence-corrected chi connectivity index (χ4v) is 8.72. The number of aryl methyl sites for hydroxylation is 2. The van der Waals surface area contributed by atoms with Crippen LogP contribution >= 0.6 is 0 Å². The third kappa shape index (κ3) is 9.79. The molecule has 8 rings (SSSR count). The molecule has 60 heavy (non-hydrogen) atoms. The predicted octanol–water partition coefficient (Wildman–Crippen LogP) is 8.98. The van der Waals surface area contributed by atoms with Crippen molar-refractivity contribution in [2.45, 2.75) is 76.8 Å². The first-order valence-corrected chi connectivity index (χ1v) is 20.1. The van der Waals surface area contributed by atoms with Crippen molar-refractivity contribution in [3.8, 4) is 0 Å². The molecule has 16 heteroatoms. The molecular weight excluding hydrogens is 787 g/mol. The van der Waals surface area contributed by atoms with Gasteiger partial charge in [0.2, 0.25) is 11.8 Å². The number of rotatable bonds is 8. The van der Waals surface area contributed by atoms with E-state index in [1.54, 1.807) is 58.2 Å². The van der Waals surface area contributed by atoms with Crippen molar-refractivity contribution < 1.29 is 35.9 Å². The number of piperidine rings is 2. The number of benzene rings is 2. The van der Waals surface area contributed by atoms with E-state index < -0.39 is 23.5 Å². The molecule has 316 valence electrons. The molecule has 6 heterocycles. The van der Waals surface area contributed by atoms with Gasteiger partial charge in [0, 0.05) is 112 Å². The Morgan fingerprint density at radius 3 is 1.37 bits per heavy atom. The maximum Gasteiger partial charge on any atom is 0.418 e. The van der Waals surface area contributed by atoms with Crippen LogP contribution in [0.15, 0.2) is 97.8 Å². The van der Waals surface area contributed by atoms with Gasteiger partial charge in [0.1, 0.15) is 0 Å². The summed E-state index contributed by atoms with van der Waals surface area (Å²) in [5.74, 6) is 0.526. The van der Waals surface area contributed by atoms with Crippen LogP contribution in [-0.4, -0.2) is 77.3 Å². The largest absolute Gasteiger partial charge is 0.418 e. The second-order valence-electron chi connectivity index (χ2n) is 15.9. The average molecular weight is 833 g/mol. The molecule has 0 bridgehead atoms. The highest BCUT2D eigenvalue weighted by Crippen LogP contribution is 2.41. The molecule has 2 aliphatic rings. The van der Waals surface area contributed by atoms with E-state index in [1.807, 2.05) is 34.3 Å². The summed E-state index contributed by atoms with van der Waals surface area (Å²) in [6.45, 7) is 7.48. The van der Waals surface area contributed by atoms with Crippen molar-refractivity contribution >= 4 is 33.6 Å². The van der Waals surface area contributed by atoms with Crippen molar-refractivity contribution in [2.75, 3.05) is 26.2 Å². The van der Waals surface area contributed by atoms with Gasteiger partial charge in [0.15, 0.2) is 0 Å². The fraction of sp³-hybridized carbons (Fsp3) is 0.409. The summed E-state index contributed by atoms with van der Waals surface area (Å²) >= 11 is 0. The lowest BCUT2D eigenvalue weighted by molar-refractivity contribution is -0.137. The molecule has 2 aromatic carbocycles. The molecule has 2 aliphatic heterocycles. The van der Waals surface area contributed by atoms with Crippen LogP contribution in [0.3, 0.4) is 0 Å². The summed E-state index contributed by atoms with van der Waals surface area (Å²) in [5.41, 5.74) is 0.135. The third-order valence-electron chi connectivity index (χ3n) is 11.4. The number of amides is 2. The number of hydrogen-bond donors (Lipinski definition) is 0. The maximum absolute atomic E-state index is 13.4. The summed E-state index contributed by atoms with van der Waals surface area (Å²) in [6.07, 6.45) is 3.15. The minimum Gasteiger partial charge on any atom is -0.342 e. The zero-order chi connectivity index (χ0) is 42.6. The lowest BCUT2D eigenvalue weighted by Crippen LogP contribution is -2.42. The predicted molar refractivity (Wildman–Crippen MR) is 213 cm³/mol. The molecule has 0 spiro atoms. The lowest BCUT2D eigenvalue weighted by atomic mass is 9.83. The minimum absolute atomic E-state index is 0.0303. The van der Waals surface area contributed by atoms with Gasteiger partial charge < -0.3 is 9.80 Å². The molecule has 0 N–H and O–H groups in total. The van der Waals surface area contributed by atoms with E-state index in [2.05, 4.69) is 34.0 Å². The van der Waals surface area contributed by atoms with Crippen molar-refractivity contribution in [1.82, 2.24) is 39.3 Å². The molecule has 10 nitrogen and oxygen atoms in total. The fourth-order valence-electron chi connectivity index (χ4n) is 8.72. The smallest absolute Gasteiger partial charge is 0.342 e. The maximum atomic E-state index is 13.4. The molecule has 6 aromatic rings. The number of alkyl halides is 6. The molecule has 0 unspecified atom stereocenters. The molecule has 0 aliphatic carbocycles. The Balaban J connectivity index is 0.000000181. The molecule has 0 saturated carbocycles. The standard InChI is InChI=1S/2C22H23F3N4O/c2*1-15-12-16(14-28(13-15)20(30)7-11-29-10-3-9-27-29)17-5-6-19(22(23,24)25)21-18(17)4-2-8-26-21/h2*2-6,8-10,15-16H,7,11-14H2,1H3/t15-,16+;15-,16-/m11/s1. The SMILES string of the molecule is C[C@@H]1C[C@@H](c2ccc(C(F)(F)F)c3ncccc23)CN(C(=O)CCn2cccn2)C1.C[C@@H]1C[C@H](c2ccc(C(F)(F)F)c3ncccc23)CN(C(=O)CCn2cccn2)C1. The van der Waals surface area contributed by atoms with Gasteiger partial charge in [-0.05, 0) is 72.2 Å². The van der Waals surface area contributed by atoms with Crippen molar-refractivity contribution in [3.05, 3.63) is 120 Å². The third-order valence-corrected chi connectivity index (χ3v) is 11.4. The Labute approximate surface area is 343 Å². The first-order chi connectivity index (χ1) is 28.7. The van der Waals surface area contributed by atoms with Crippen LogP contribution < -0.4 is 0 Å². The van der Waals surface area contributed by atoms with Crippen LogP contribution in [-0.2, 0) is 35.0 Å². The Morgan fingerprint density at radius 1 is 0.583 bits per heavy atom. The molecule has 4 atom stereocenters. The van der Waals surface area contributed by atoms with Gasteiger partial charge in [0.25, 0.3) is 0 Å². The number of likely N-dealkylation sites (tertiary alicyclic amines) is 2. The summed E-state index contributed by atoms with van der Waals surface area (Å²) in [4.78, 5) is 37.3. The molecule has 4 aromatic heterocycles. The summed E-state index contributed by atoms with van der Waals surface area (Å²) < 4.78 is 84.0. The Bertz CT molecular complexity index is 2230. The van der Waals surface area contributed by atoms with E-state index in [9.17, 15) is 35.9 Å². The van der Waals surface area contributed by atoms with Crippen LogP contribution in [0.1, 0.15) is 73.6 Å². The lowest BCUT2D eigenvalue weighted by Gasteiger charge is -2.37. The van der Waals surface area contributed by atoms with Gasteiger partial charge in [-0.15, -0.1) is 0 Å². The van der Waals surface area contributed by atoms with Crippen LogP contribution in [0.4, 0.5) is 26.3 Å². The molecule has 2 amide bonds. The highest BCUT2D eigenvalue weighted by Gasteiger charge is 2.37. The number of halogens is 6. The summed E-state index contributed by atoms with van der Waals surface area (Å²) in [5, 5.41) is 9.26. The highest BCUT2D eigenvalue weighted by molar-refractivity contribution is 5.87. The van der Waals surface area contributed by atoms with Crippen molar-refractivity contribution in [2.24, 2.45) is 11.8 Å². The van der Waals surface area contributed by atoms with Gasteiger partial charge in [-0.1, -0.05) is 38.1 Å².